The molecule has 0 spiro atoms. The smallest absolute Gasteiger partial charge is 0.161 e. The second kappa shape index (κ2) is 6.18. The van der Waals surface area contributed by atoms with Gasteiger partial charge in [-0.15, -0.1) is 0 Å². The zero-order chi connectivity index (χ0) is 14.7. The van der Waals surface area contributed by atoms with Gasteiger partial charge in [-0.2, -0.15) is 0 Å². The molecule has 2 aromatic rings. The molecule has 0 saturated heterocycles. The van der Waals surface area contributed by atoms with Crippen LogP contribution in [-0.2, 0) is 6.54 Å². The Kier molecular flexibility index (Phi) is 4.10. The van der Waals surface area contributed by atoms with Gasteiger partial charge in [0.2, 0.25) is 0 Å². The van der Waals surface area contributed by atoms with E-state index >= 15 is 0 Å². The molecular weight excluding hydrogens is 266 g/mol. The molecule has 0 fully saturated rings. The number of benzene rings is 1. The Morgan fingerprint density at radius 3 is 2.81 bits per heavy atom. The predicted octanol–water partition coefficient (Wildman–Crippen LogP) is 2.31. The maximum Gasteiger partial charge on any atom is 0.161 e. The van der Waals surface area contributed by atoms with Crippen molar-refractivity contribution in [3.05, 3.63) is 42.0 Å². The molecule has 1 aromatic carbocycles. The fourth-order valence-corrected chi connectivity index (χ4v) is 2.55. The minimum absolute atomic E-state index is 0.204. The van der Waals surface area contributed by atoms with Crippen molar-refractivity contribution in [3.63, 3.8) is 0 Å². The van der Waals surface area contributed by atoms with E-state index in [9.17, 15) is 0 Å². The molecule has 1 atom stereocenters. The zero-order valence-electron chi connectivity index (χ0n) is 12.5. The normalized spacial score (nSPS) is 15.5. The number of ether oxygens (including phenoxy) is 2. The lowest BCUT2D eigenvalue weighted by molar-refractivity contribution is 0.297. The van der Waals surface area contributed by atoms with Crippen molar-refractivity contribution in [2.45, 2.75) is 25.9 Å². The summed E-state index contributed by atoms with van der Waals surface area (Å²) >= 11 is 0. The third kappa shape index (κ3) is 3.03. The summed E-state index contributed by atoms with van der Waals surface area (Å²) in [6.45, 7) is 4.28. The Morgan fingerprint density at radius 1 is 1.29 bits per heavy atom. The molecule has 0 radical (unpaired) electrons. The first-order valence-electron chi connectivity index (χ1n) is 7.32. The van der Waals surface area contributed by atoms with E-state index in [2.05, 4.69) is 27.0 Å². The van der Waals surface area contributed by atoms with E-state index in [0.29, 0.717) is 6.61 Å². The average Bonchev–Trinajstić information content (AvgIpc) is 2.76. The first-order valence-corrected chi connectivity index (χ1v) is 7.32. The number of likely N-dealkylation sites (N-methyl/N-ethyl adjacent to an activating group) is 1. The van der Waals surface area contributed by atoms with Crippen molar-refractivity contribution in [3.8, 4) is 11.5 Å². The lowest BCUT2D eigenvalue weighted by Gasteiger charge is -2.19. The fourth-order valence-electron chi connectivity index (χ4n) is 2.55. The second-order valence-electron chi connectivity index (χ2n) is 5.22. The summed E-state index contributed by atoms with van der Waals surface area (Å²) in [6, 6.07) is 6.38. The summed E-state index contributed by atoms with van der Waals surface area (Å²) < 4.78 is 13.6. The topological polar surface area (TPSA) is 48.3 Å². The van der Waals surface area contributed by atoms with Gasteiger partial charge in [-0.05, 0) is 31.7 Å². The summed E-state index contributed by atoms with van der Waals surface area (Å²) in [7, 11) is 1.97. The Morgan fingerprint density at radius 2 is 2.10 bits per heavy atom. The molecular formula is C16H21N3O2. The first-order chi connectivity index (χ1) is 10.3. The van der Waals surface area contributed by atoms with E-state index in [1.165, 1.54) is 5.56 Å². The number of nitrogens with zero attached hydrogens (tertiary/aromatic N) is 2. The minimum Gasteiger partial charge on any atom is -0.490 e. The van der Waals surface area contributed by atoms with Gasteiger partial charge in [-0.1, -0.05) is 6.07 Å². The van der Waals surface area contributed by atoms with Crippen LogP contribution in [0.25, 0.3) is 0 Å². The van der Waals surface area contributed by atoms with Gasteiger partial charge in [0, 0.05) is 25.4 Å². The summed E-state index contributed by atoms with van der Waals surface area (Å²) in [6.07, 6.45) is 4.76. The molecule has 0 amide bonds. The van der Waals surface area contributed by atoms with Crippen molar-refractivity contribution in [2.75, 3.05) is 20.3 Å². The zero-order valence-corrected chi connectivity index (χ0v) is 12.5. The maximum atomic E-state index is 5.77. The molecule has 5 nitrogen and oxygen atoms in total. The third-order valence-electron chi connectivity index (χ3n) is 3.83. The van der Waals surface area contributed by atoms with Gasteiger partial charge < -0.3 is 19.4 Å². The monoisotopic (exact) mass is 287 g/mol. The number of hydrogen-bond donors (Lipinski definition) is 1. The summed E-state index contributed by atoms with van der Waals surface area (Å²) in [5.74, 6) is 2.70. The van der Waals surface area contributed by atoms with Crippen molar-refractivity contribution in [1.29, 1.82) is 0 Å². The van der Waals surface area contributed by atoms with Crippen LogP contribution in [-0.4, -0.2) is 29.8 Å². The number of hydrogen-bond acceptors (Lipinski definition) is 4. The van der Waals surface area contributed by atoms with Crippen LogP contribution in [0.4, 0.5) is 0 Å². The highest BCUT2D eigenvalue weighted by atomic mass is 16.5. The number of aromatic nitrogens is 2. The molecule has 1 aromatic heterocycles. The maximum absolute atomic E-state index is 5.77. The van der Waals surface area contributed by atoms with E-state index in [4.69, 9.17) is 9.47 Å². The summed E-state index contributed by atoms with van der Waals surface area (Å²) in [5, 5.41) is 3.36. The molecule has 1 aliphatic heterocycles. The van der Waals surface area contributed by atoms with E-state index in [1.54, 1.807) is 0 Å². The molecule has 112 valence electrons. The number of rotatable bonds is 4. The molecule has 3 rings (SSSR count). The van der Waals surface area contributed by atoms with Crippen LogP contribution >= 0.6 is 0 Å². The van der Waals surface area contributed by atoms with Gasteiger partial charge in [-0.3, -0.25) is 0 Å². The van der Waals surface area contributed by atoms with Gasteiger partial charge in [0.1, 0.15) is 5.82 Å². The van der Waals surface area contributed by atoms with Gasteiger partial charge in [0.05, 0.1) is 19.3 Å². The van der Waals surface area contributed by atoms with Crippen LogP contribution in [0.2, 0.25) is 0 Å². The first kappa shape index (κ1) is 13.9. The Labute approximate surface area is 124 Å². The number of aryl methyl sites for hydroxylation is 1. The second-order valence-corrected chi connectivity index (χ2v) is 5.22. The average molecular weight is 287 g/mol. The van der Waals surface area contributed by atoms with Gasteiger partial charge in [-0.25, -0.2) is 4.98 Å². The highest BCUT2D eigenvalue weighted by molar-refractivity contribution is 5.44. The number of fused-ring (bicyclic) bond motifs is 1. The van der Waals surface area contributed by atoms with Crippen LogP contribution < -0.4 is 14.8 Å². The summed E-state index contributed by atoms with van der Waals surface area (Å²) in [5.41, 5.74) is 1.19. The van der Waals surface area contributed by atoms with Gasteiger partial charge >= 0.3 is 0 Å². The van der Waals surface area contributed by atoms with E-state index in [-0.39, 0.29) is 6.04 Å². The highest BCUT2D eigenvalue weighted by Crippen LogP contribution is 2.32. The quantitative estimate of drug-likeness (QED) is 0.937. The molecule has 1 N–H and O–H groups in total. The van der Waals surface area contributed by atoms with Crippen LogP contribution in [0.3, 0.4) is 0 Å². The van der Waals surface area contributed by atoms with Crippen LogP contribution in [0.15, 0.2) is 30.6 Å². The molecule has 1 unspecified atom stereocenters. The molecule has 0 bridgehead atoms. The number of nitrogens with one attached hydrogen (secondary N) is 1. The molecule has 0 aliphatic carbocycles. The van der Waals surface area contributed by atoms with E-state index in [0.717, 1.165) is 36.9 Å². The Hall–Kier alpha value is -2.01. The van der Waals surface area contributed by atoms with Crippen molar-refractivity contribution in [1.82, 2.24) is 14.9 Å². The predicted molar refractivity (Wildman–Crippen MR) is 80.8 cm³/mol. The fraction of sp³-hybridized carbons (Fsp3) is 0.438. The Balaban J connectivity index is 1.84. The molecule has 2 heterocycles. The molecule has 5 heteroatoms. The lowest BCUT2D eigenvalue weighted by Crippen LogP contribution is -2.22. The lowest BCUT2D eigenvalue weighted by atomic mass is 10.1. The van der Waals surface area contributed by atoms with Crippen molar-refractivity contribution < 1.29 is 9.47 Å². The number of imidazole rings is 1. The Bertz CT molecular complexity index is 609. The largest absolute Gasteiger partial charge is 0.490 e. The van der Waals surface area contributed by atoms with Crippen LogP contribution in [0, 0.1) is 6.92 Å². The van der Waals surface area contributed by atoms with Crippen molar-refractivity contribution >= 4 is 0 Å². The third-order valence-corrected chi connectivity index (χ3v) is 3.83. The van der Waals surface area contributed by atoms with Gasteiger partial charge in [0.25, 0.3) is 0 Å². The van der Waals surface area contributed by atoms with Crippen LogP contribution in [0.5, 0.6) is 11.5 Å². The molecule has 0 saturated carbocycles. The SMILES string of the molecule is CNC(Cn1ccnc1C)c1ccc2c(c1)OCCCO2. The summed E-state index contributed by atoms with van der Waals surface area (Å²) in [4.78, 5) is 4.27. The van der Waals surface area contributed by atoms with Gasteiger partial charge in [0.15, 0.2) is 11.5 Å². The van der Waals surface area contributed by atoms with Crippen molar-refractivity contribution in [2.24, 2.45) is 0 Å². The van der Waals surface area contributed by atoms with Crippen LogP contribution in [0.1, 0.15) is 23.9 Å². The van der Waals surface area contributed by atoms with E-state index in [1.807, 2.05) is 32.4 Å². The standard InChI is InChI=1S/C16H21N3O2/c1-12-18-6-7-19(12)11-14(17-2)13-4-5-15-16(10-13)21-9-3-8-20-15/h4-7,10,14,17H,3,8-9,11H2,1-2H3. The van der Waals surface area contributed by atoms with E-state index < -0.39 is 0 Å². The highest BCUT2D eigenvalue weighted by Gasteiger charge is 2.16. The minimum atomic E-state index is 0.204. The molecule has 1 aliphatic rings. The molecule has 21 heavy (non-hydrogen) atoms.